The second-order valence-corrected chi connectivity index (χ2v) is 7.12. The predicted molar refractivity (Wildman–Crippen MR) is 79.2 cm³/mol. The fourth-order valence-electron chi connectivity index (χ4n) is 2.90. The lowest BCUT2D eigenvalue weighted by atomic mass is 9.74. The van der Waals surface area contributed by atoms with E-state index in [0.29, 0.717) is 5.92 Å². The SMILES string of the molecule is CC(CC(O)C1CCCc2cccnc21)C(C)(C)C. The molecule has 0 saturated heterocycles. The van der Waals surface area contributed by atoms with Gasteiger partial charge in [0.2, 0.25) is 0 Å². The third-order valence-electron chi connectivity index (χ3n) is 4.78. The Bertz CT molecular complexity index is 422. The topological polar surface area (TPSA) is 33.1 Å². The Morgan fingerprint density at radius 3 is 2.84 bits per heavy atom. The number of pyridine rings is 1. The minimum Gasteiger partial charge on any atom is -0.392 e. The molecule has 0 saturated carbocycles. The molecule has 3 unspecified atom stereocenters. The quantitative estimate of drug-likeness (QED) is 0.894. The van der Waals surface area contributed by atoms with E-state index in [9.17, 15) is 5.11 Å². The molecule has 0 bridgehead atoms. The number of rotatable bonds is 3. The largest absolute Gasteiger partial charge is 0.392 e. The number of hydrogen-bond donors (Lipinski definition) is 1. The van der Waals surface area contributed by atoms with E-state index in [1.807, 2.05) is 12.3 Å². The summed E-state index contributed by atoms with van der Waals surface area (Å²) in [5, 5.41) is 10.6. The van der Waals surface area contributed by atoms with Crippen LogP contribution >= 0.6 is 0 Å². The second kappa shape index (κ2) is 5.62. The molecule has 19 heavy (non-hydrogen) atoms. The fourth-order valence-corrected chi connectivity index (χ4v) is 2.90. The van der Waals surface area contributed by atoms with Crippen molar-refractivity contribution in [1.29, 1.82) is 0 Å². The molecule has 0 spiro atoms. The summed E-state index contributed by atoms with van der Waals surface area (Å²) in [5.74, 6) is 0.742. The summed E-state index contributed by atoms with van der Waals surface area (Å²) in [6.07, 6.45) is 5.82. The van der Waals surface area contributed by atoms with Gasteiger partial charge in [0.05, 0.1) is 6.10 Å². The molecular formula is C17H27NO. The molecule has 1 aliphatic carbocycles. The van der Waals surface area contributed by atoms with Gasteiger partial charge in [-0.05, 0) is 48.6 Å². The van der Waals surface area contributed by atoms with Crippen LogP contribution in [0.25, 0.3) is 0 Å². The number of aromatic nitrogens is 1. The Hall–Kier alpha value is -0.890. The molecular weight excluding hydrogens is 234 g/mol. The van der Waals surface area contributed by atoms with Crippen LogP contribution in [0.3, 0.4) is 0 Å². The van der Waals surface area contributed by atoms with Crippen LogP contribution in [0.1, 0.15) is 64.1 Å². The van der Waals surface area contributed by atoms with Gasteiger partial charge >= 0.3 is 0 Å². The van der Waals surface area contributed by atoms with Gasteiger partial charge in [-0.15, -0.1) is 0 Å². The molecule has 1 N–H and O–H groups in total. The summed E-state index contributed by atoms with van der Waals surface area (Å²) in [5.41, 5.74) is 2.73. The molecule has 1 aliphatic rings. The van der Waals surface area contributed by atoms with Crippen LogP contribution in [-0.2, 0) is 6.42 Å². The van der Waals surface area contributed by atoms with Gasteiger partial charge < -0.3 is 5.11 Å². The maximum Gasteiger partial charge on any atom is 0.0626 e. The number of hydrogen-bond acceptors (Lipinski definition) is 2. The van der Waals surface area contributed by atoms with Crippen molar-refractivity contribution in [2.24, 2.45) is 11.3 Å². The zero-order chi connectivity index (χ0) is 14.0. The van der Waals surface area contributed by atoms with E-state index in [1.54, 1.807) is 0 Å². The van der Waals surface area contributed by atoms with Crippen LogP contribution < -0.4 is 0 Å². The van der Waals surface area contributed by atoms with E-state index in [2.05, 4.69) is 38.7 Å². The summed E-state index contributed by atoms with van der Waals surface area (Å²) in [6, 6.07) is 4.17. The van der Waals surface area contributed by atoms with Crippen molar-refractivity contribution in [3.8, 4) is 0 Å². The highest BCUT2D eigenvalue weighted by molar-refractivity contribution is 5.26. The van der Waals surface area contributed by atoms with Gasteiger partial charge in [-0.3, -0.25) is 4.98 Å². The number of aliphatic hydroxyl groups is 1. The number of aryl methyl sites for hydroxylation is 1. The number of aliphatic hydroxyl groups excluding tert-OH is 1. The molecule has 1 aromatic heterocycles. The first-order valence-corrected chi connectivity index (χ1v) is 7.51. The molecule has 1 aromatic rings. The minimum absolute atomic E-state index is 0.231. The highest BCUT2D eigenvalue weighted by atomic mass is 16.3. The lowest BCUT2D eigenvalue weighted by Gasteiger charge is -2.33. The summed E-state index contributed by atoms with van der Waals surface area (Å²) in [4.78, 5) is 4.53. The molecule has 0 radical (unpaired) electrons. The van der Waals surface area contributed by atoms with Gasteiger partial charge in [-0.2, -0.15) is 0 Å². The molecule has 1 heterocycles. The maximum absolute atomic E-state index is 10.6. The smallest absolute Gasteiger partial charge is 0.0626 e. The van der Waals surface area contributed by atoms with E-state index in [1.165, 1.54) is 12.0 Å². The molecule has 2 rings (SSSR count). The van der Waals surface area contributed by atoms with E-state index >= 15 is 0 Å². The lowest BCUT2D eigenvalue weighted by molar-refractivity contribution is 0.0808. The van der Waals surface area contributed by atoms with Crippen LogP contribution in [0, 0.1) is 11.3 Å². The predicted octanol–water partition coefficient (Wildman–Crippen LogP) is 3.93. The third-order valence-corrected chi connectivity index (χ3v) is 4.78. The summed E-state index contributed by atoms with van der Waals surface area (Å²) in [6.45, 7) is 8.98. The molecule has 2 nitrogen and oxygen atoms in total. The first-order chi connectivity index (χ1) is 8.89. The average Bonchev–Trinajstić information content (AvgIpc) is 2.36. The van der Waals surface area contributed by atoms with Crippen LogP contribution in [-0.4, -0.2) is 16.2 Å². The van der Waals surface area contributed by atoms with Gasteiger partial charge in [0, 0.05) is 17.8 Å². The molecule has 2 heteroatoms. The van der Waals surface area contributed by atoms with Gasteiger partial charge in [-0.1, -0.05) is 33.8 Å². The first-order valence-electron chi connectivity index (χ1n) is 7.51. The van der Waals surface area contributed by atoms with Crippen molar-refractivity contribution in [3.63, 3.8) is 0 Å². The van der Waals surface area contributed by atoms with Crippen molar-refractivity contribution in [2.75, 3.05) is 0 Å². The summed E-state index contributed by atoms with van der Waals surface area (Å²) in [7, 11) is 0. The van der Waals surface area contributed by atoms with Crippen molar-refractivity contribution in [2.45, 2.75) is 65.4 Å². The van der Waals surface area contributed by atoms with Crippen LogP contribution in [0.5, 0.6) is 0 Å². The molecule has 0 aromatic carbocycles. The second-order valence-electron chi connectivity index (χ2n) is 7.12. The minimum atomic E-state index is -0.261. The molecule has 106 valence electrons. The highest BCUT2D eigenvalue weighted by Gasteiger charge is 2.31. The van der Waals surface area contributed by atoms with Crippen molar-refractivity contribution in [3.05, 3.63) is 29.6 Å². The van der Waals surface area contributed by atoms with Gasteiger partial charge in [0.25, 0.3) is 0 Å². The van der Waals surface area contributed by atoms with Crippen LogP contribution in [0.4, 0.5) is 0 Å². The Balaban J connectivity index is 2.11. The average molecular weight is 261 g/mol. The Morgan fingerprint density at radius 1 is 1.42 bits per heavy atom. The maximum atomic E-state index is 10.6. The van der Waals surface area contributed by atoms with E-state index in [-0.39, 0.29) is 17.4 Å². The number of nitrogens with zero attached hydrogens (tertiary/aromatic N) is 1. The zero-order valence-electron chi connectivity index (χ0n) is 12.7. The van der Waals surface area contributed by atoms with E-state index in [0.717, 1.165) is 25.0 Å². The summed E-state index contributed by atoms with van der Waals surface area (Å²) < 4.78 is 0. The van der Waals surface area contributed by atoms with E-state index < -0.39 is 0 Å². The zero-order valence-corrected chi connectivity index (χ0v) is 12.7. The molecule has 3 atom stereocenters. The van der Waals surface area contributed by atoms with Crippen molar-refractivity contribution >= 4 is 0 Å². The highest BCUT2D eigenvalue weighted by Crippen LogP contribution is 2.37. The standard InChI is InChI=1S/C17H27NO/c1-12(17(2,3)4)11-15(19)14-9-5-7-13-8-6-10-18-16(13)14/h6,8,10,12,14-15,19H,5,7,9,11H2,1-4H3. The molecule has 0 fully saturated rings. The van der Waals surface area contributed by atoms with Gasteiger partial charge in [-0.25, -0.2) is 0 Å². The van der Waals surface area contributed by atoms with Gasteiger partial charge in [0.15, 0.2) is 0 Å². The molecule has 0 aliphatic heterocycles. The Kier molecular flexibility index (Phi) is 4.29. The monoisotopic (exact) mass is 261 g/mol. The Labute approximate surface area is 117 Å². The molecule has 0 amide bonds. The van der Waals surface area contributed by atoms with Crippen LogP contribution in [0.2, 0.25) is 0 Å². The Morgan fingerprint density at radius 2 is 2.16 bits per heavy atom. The third kappa shape index (κ3) is 3.36. The fraction of sp³-hybridized carbons (Fsp3) is 0.706. The summed E-state index contributed by atoms with van der Waals surface area (Å²) >= 11 is 0. The van der Waals surface area contributed by atoms with Gasteiger partial charge in [0.1, 0.15) is 0 Å². The normalized spacial score (nSPS) is 22.7. The van der Waals surface area contributed by atoms with Crippen molar-refractivity contribution in [1.82, 2.24) is 4.98 Å². The number of fused-ring (bicyclic) bond motifs is 1. The van der Waals surface area contributed by atoms with E-state index in [4.69, 9.17) is 0 Å². The van der Waals surface area contributed by atoms with Crippen LogP contribution in [0.15, 0.2) is 18.3 Å². The first kappa shape index (κ1) is 14.5. The van der Waals surface area contributed by atoms with Crippen molar-refractivity contribution < 1.29 is 5.11 Å². The lowest BCUT2D eigenvalue weighted by Crippen LogP contribution is -2.29.